The Bertz CT molecular complexity index is 631. The summed E-state index contributed by atoms with van der Waals surface area (Å²) >= 11 is 3.46. The molecule has 0 saturated carbocycles. The predicted octanol–water partition coefficient (Wildman–Crippen LogP) is 4.25. The first-order valence-corrected chi connectivity index (χ1v) is 7.58. The van der Waals surface area contributed by atoms with E-state index in [0.717, 1.165) is 10.0 Å². The van der Waals surface area contributed by atoms with E-state index in [4.69, 9.17) is 0 Å². The third-order valence-electron chi connectivity index (χ3n) is 3.38. The zero-order valence-corrected chi connectivity index (χ0v) is 13.3. The van der Waals surface area contributed by atoms with Crippen molar-refractivity contribution in [2.24, 2.45) is 0 Å². The van der Waals surface area contributed by atoms with Crippen molar-refractivity contribution < 1.29 is 4.92 Å². The minimum atomic E-state index is -0.326. The Morgan fingerprint density at radius 3 is 2.71 bits per heavy atom. The topological polar surface area (TPSA) is 55.2 Å². The van der Waals surface area contributed by atoms with Gasteiger partial charge in [0.05, 0.1) is 4.92 Å². The van der Waals surface area contributed by atoms with Gasteiger partial charge in [0.25, 0.3) is 5.69 Å². The van der Waals surface area contributed by atoms with Crippen molar-refractivity contribution >= 4 is 21.6 Å². The third-order valence-corrected chi connectivity index (χ3v) is 3.88. The smallest absolute Gasteiger partial charge is 0.272 e. The fraction of sp³-hybridized carbons (Fsp3) is 0.250. The minimum Gasteiger partial charge on any atom is -0.310 e. The number of nitrogens with one attached hydrogen (secondary N) is 1. The van der Waals surface area contributed by atoms with E-state index in [9.17, 15) is 10.1 Å². The van der Waals surface area contributed by atoms with Crippen molar-refractivity contribution in [2.75, 3.05) is 6.54 Å². The summed E-state index contributed by atoms with van der Waals surface area (Å²) < 4.78 is 1.05. The maximum atomic E-state index is 11.0. The average Bonchev–Trinajstić information content (AvgIpc) is 2.47. The fourth-order valence-electron chi connectivity index (χ4n) is 2.22. The Hall–Kier alpha value is -1.72. The van der Waals surface area contributed by atoms with Gasteiger partial charge in [-0.05, 0) is 37.6 Å². The van der Waals surface area contributed by atoms with Gasteiger partial charge in [-0.15, -0.1) is 0 Å². The molecule has 0 amide bonds. The standard InChI is InChI=1S/C16H17BrN2O2/c1-12(14-6-4-7-15(17)11-14)18-10-9-13-5-2-3-8-16(13)19(20)21/h2-8,11-12,18H,9-10H2,1H3. The molecule has 2 aromatic rings. The fourth-order valence-corrected chi connectivity index (χ4v) is 2.63. The van der Waals surface area contributed by atoms with Crippen LogP contribution in [0.5, 0.6) is 0 Å². The van der Waals surface area contributed by atoms with Crippen LogP contribution < -0.4 is 5.32 Å². The highest BCUT2D eigenvalue weighted by Gasteiger charge is 2.12. The molecule has 0 aromatic heterocycles. The van der Waals surface area contributed by atoms with Crippen LogP contribution in [0.25, 0.3) is 0 Å². The van der Waals surface area contributed by atoms with E-state index in [-0.39, 0.29) is 16.7 Å². The first kappa shape index (κ1) is 15.7. The maximum absolute atomic E-state index is 11.0. The lowest BCUT2D eigenvalue weighted by atomic mass is 10.1. The summed E-state index contributed by atoms with van der Waals surface area (Å²) in [4.78, 5) is 10.6. The molecular formula is C16H17BrN2O2. The molecule has 0 saturated heterocycles. The van der Waals surface area contributed by atoms with Crippen molar-refractivity contribution in [1.82, 2.24) is 5.32 Å². The highest BCUT2D eigenvalue weighted by atomic mass is 79.9. The molecular weight excluding hydrogens is 332 g/mol. The first-order chi connectivity index (χ1) is 10.1. The molecule has 1 atom stereocenters. The SMILES string of the molecule is CC(NCCc1ccccc1[N+](=O)[O-])c1cccc(Br)c1. The molecule has 0 fully saturated rings. The molecule has 0 heterocycles. The van der Waals surface area contributed by atoms with E-state index < -0.39 is 0 Å². The van der Waals surface area contributed by atoms with Crippen molar-refractivity contribution in [2.45, 2.75) is 19.4 Å². The van der Waals surface area contributed by atoms with Crippen LogP contribution in [0.15, 0.2) is 53.0 Å². The van der Waals surface area contributed by atoms with Gasteiger partial charge in [-0.2, -0.15) is 0 Å². The number of para-hydroxylation sites is 1. The molecule has 4 nitrogen and oxygen atoms in total. The monoisotopic (exact) mass is 348 g/mol. The second kappa shape index (κ2) is 7.33. The molecule has 1 N–H and O–H groups in total. The summed E-state index contributed by atoms with van der Waals surface area (Å²) in [5.41, 5.74) is 2.14. The van der Waals surface area contributed by atoms with E-state index >= 15 is 0 Å². The second-order valence-corrected chi connectivity index (χ2v) is 5.78. The molecule has 0 aliphatic rings. The zero-order valence-electron chi connectivity index (χ0n) is 11.8. The zero-order chi connectivity index (χ0) is 15.2. The van der Waals surface area contributed by atoms with Gasteiger partial charge in [-0.1, -0.05) is 46.3 Å². The predicted molar refractivity (Wildman–Crippen MR) is 87.4 cm³/mol. The highest BCUT2D eigenvalue weighted by molar-refractivity contribution is 9.10. The van der Waals surface area contributed by atoms with Crippen LogP contribution in [-0.4, -0.2) is 11.5 Å². The van der Waals surface area contributed by atoms with Gasteiger partial charge in [0.15, 0.2) is 0 Å². The number of rotatable bonds is 6. The molecule has 5 heteroatoms. The Balaban J connectivity index is 1.94. The van der Waals surface area contributed by atoms with E-state index in [0.29, 0.717) is 13.0 Å². The quantitative estimate of drug-likeness (QED) is 0.627. The van der Waals surface area contributed by atoms with Gasteiger partial charge in [0.1, 0.15) is 0 Å². The van der Waals surface area contributed by atoms with Gasteiger partial charge >= 0.3 is 0 Å². The molecule has 0 aliphatic carbocycles. The summed E-state index contributed by atoms with van der Waals surface area (Å²) in [6, 6.07) is 15.2. The van der Waals surface area contributed by atoms with Crippen molar-refractivity contribution in [3.05, 3.63) is 74.2 Å². The average molecular weight is 349 g/mol. The number of nitrogens with zero attached hydrogens (tertiary/aromatic N) is 1. The Morgan fingerprint density at radius 1 is 1.24 bits per heavy atom. The van der Waals surface area contributed by atoms with Crippen LogP contribution in [0.4, 0.5) is 5.69 Å². The molecule has 0 radical (unpaired) electrons. The lowest BCUT2D eigenvalue weighted by molar-refractivity contribution is -0.385. The molecule has 2 rings (SSSR count). The van der Waals surface area contributed by atoms with Crippen LogP contribution in [0, 0.1) is 10.1 Å². The van der Waals surface area contributed by atoms with E-state index in [2.05, 4.69) is 40.3 Å². The van der Waals surface area contributed by atoms with Crippen LogP contribution >= 0.6 is 15.9 Å². The number of benzene rings is 2. The molecule has 21 heavy (non-hydrogen) atoms. The van der Waals surface area contributed by atoms with Crippen molar-refractivity contribution in [1.29, 1.82) is 0 Å². The largest absolute Gasteiger partial charge is 0.310 e. The van der Waals surface area contributed by atoms with Crippen LogP contribution in [0.3, 0.4) is 0 Å². The summed E-state index contributed by atoms with van der Waals surface area (Å²) in [6.45, 7) is 2.78. The van der Waals surface area contributed by atoms with Crippen molar-refractivity contribution in [3.8, 4) is 0 Å². The van der Waals surface area contributed by atoms with Crippen LogP contribution in [0.1, 0.15) is 24.1 Å². The van der Waals surface area contributed by atoms with Gasteiger partial charge < -0.3 is 5.32 Å². The van der Waals surface area contributed by atoms with E-state index in [1.54, 1.807) is 12.1 Å². The Labute approximate surface area is 132 Å². The lowest BCUT2D eigenvalue weighted by Crippen LogP contribution is -2.21. The van der Waals surface area contributed by atoms with E-state index in [1.165, 1.54) is 5.56 Å². The summed E-state index contributed by atoms with van der Waals surface area (Å²) in [6.07, 6.45) is 0.634. The minimum absolute atomic E-state index is 0.189. The molecule has 0 bridgehead atoms. The number of hydrogen-bond acceptors (Lipinski definition) is 3. The summed E-state index contributed by atoms with van der Waals surface area (Å²) in [5, 5.41) is 14.4. The van der Waals surface area contributed by atoms with Crippen molar-refractivity contribution in [3.63, 3.8) is 0 Å². The number of halogens is 1. The van der Waals surface area contributed by atoms with Gasteiger partial charge in [-0.25, -0.2) is 0 Å². The van der Waals surface area contributed by atoms with E-state index in [1.807, 2.05) is 24.3 Å². The molecule has 1 unspecified atom stereocenters. The van der Waals surface area contributed by atoms with Gasteiger partial charge in [0, 0.05) is 22.1 Å². The lowest BCUT2D eigenvalue weighted by Gasteiger charge is -2.14. The normalized spacial score (nSPS) is 12.1. The Kier molecular flexibility index (Phi) is 5.47. The number of hydrogen-bond donors (Lipinski definition) is 1. The van der Waals surface area contributed by atoms with Gasteiger partial charge in [-0.3, -0.25) is 10.1 Å². The number of nitro groups is 1. The molecule has 0 spiro atoms. The van der Waals surface area contributed by atoms with Crippen LogP contribution in [-0.2, 0) is 6.42 Å². The maximum Gasteiger partial charge on any atom is 0.272 e. The Morgan fingerprint density at radius 2 is 2.00 bits per heavy atom. The summed E-state index contributed by atoms with van der Waals surface area (Å²) in [7, 11) is 0. The van der Waals surface area contributed by atoms with Crippen LogP contribution in [0.2, 0.25) is 0 Å². The second-order valence-electron chi connectivity index (χ2n) is 4.87. The molecule has 0 aliphatic heterocycles. The highest BCUT2D eigenvalue weighted by Crippen LogP contribution is 2.20. The third kappa shape index (κ3) is 4.37. The summed E-state index contributed by atoms with van der Waals surface area (Å²) in [5.74, 6) is 0. The van der Waals surface area contributed by atoms with Gasteiger partial charge in [0.2, 0.25) is 0 Å². The molecule has 110 valence electrons. The number of nitro benzene ring substituents is 1. The molecule has 2 aromatic carbocycles. The first-order valence-electron chi connectivity index (χ1n) is 6.79.